The number of benzene rings is 1. The zero-order chi connectivity index (χ0) is 15.5. The number of rotatable bonds is 7. The minimum Gasteiger partial charge on any atom is -0.494 e. The first-order valence-corrected chi connectivity index (χ1v) is 8.28. The third-order valence-electron chi connectivity index (χ3n) is 4.19. The van der Waals surface area contributed by atoms with Crippen LogP contribution in [0.15, 0.2) is 54.9 Å². The predicted molar refractivity (Wildman–Crippen MR) is 93.0 cm³/mol. The zero-order valence-electron chi connectivity index (χ0n) is 13.1. The second-order valence-corrected chi connectivity index (χ2v) is 6.02. The summed E-state index contributed by atoms with van der Waals surface area (Å²) in [6, 6.07) is 15.2. The molecule has 4 rings (SSSR count). The van der Waals surface area contributed by atoms with Gasteiger partial charge in [0.25, 0.3) is 0 Å². The van der Waals surface area contributed by atoms with Gasteiger partial charge in [-0.25, -0.2) is 4.98 Å². The molecule has 1 aliphatic rings. The highest BCUT2D eigenvalue weighted by Crippen LogP contribution is 2.38. The van der Waals surface area contributed by atoms with Crippen LogP contribution in [0, 0.1) is 0 Å². The number of anilines is 1. The van der Waals surface area contributed by atoms with Gasteiger partial charge in [-0.3, -0.25) is 0 Å². The summed E-state index contributed by atoms with van der Waals surface area (Å²) in [6.45, 7) is 1.56. The summed E-state index contributed by atoms with van der Waals surface area (Å²) in [4.78, 5) is 4.24. The van der Waals surface area contributed by atoms with Crippen molar-refractivity contribution in [3.63, 3.8) is 0 Å². The number of nitrogens with one attached hydrogen (secondary N) is 1. The lowest BCUT2D eigenvalue weighted by Crippen LogP contribution is -2.08. The van der Waals surface area contributed by atoms with Crippen molar-refractivity contribution in [2.75, 3.05) is 18.5 Å². The maximum atomic E-state index is 5.87. The van der Waals surface area contributed by atoms with Gasteiger partial charge in [-0.1, -0.05) is 6.07 Å². The lowest BCUT2D eigenvalue weighted by atomic mass is 10.2. The average molecular weight is 307 g/mol. The van der Waals surface area contributed by atoms with Crippen molar-refractivity contribution in [2.24, 2.45) is 0 Å². The maximum absolute atomic E-state index is 5.87. The lowest BCUT2D eigenvalue weighted by molar-refractivity contribution is 0.315. The first-order valence-electron chi connectivity index (χ1n) is 8.28. The van der Waals surface area contributed by atoms with E-state index in [-0.39, 0.29) is 0 Å². The average Bonchev–Trinajstić information content (AvgIpc) is 3.35. The highest BCUT2D eigenvalue weighted by atomic mass is 16.5. The molecule has 2 heterocycles. The number of hydrogen-bond donors (Lipinski definition) is 1. The van der Waals surface area contributed by atoms with Crippen molar-refractivity contribution in [1.29, 1.82) is 0 Å². The Balaban J connectivity index is 1.28. The molecule has 23 heavy (non-hydrogen) atoms. The van der Waals surface area contributed by atoms with Crippen LogP contribution in [0.1, 0.15) is 25.3 Å². The molecule has 0 atom stereocenters. The molecule has 1 aliphatic carbocycles. The van der Waals surface area contributed by atoms with Crippen molar-refractivity contribution in [1.82, 2.24) is 9.55 Å². The molecule has 1 saturated carbocycles. The summed E-state index contributed by atoms with van der Waals surface area (Å²) in [5.41, 5.74) is 1.32. The van der Waals surface area contributed by atoms with Crippen molar-refractivity contribution < 1.29 is 4.74 Å². The van der Waals surface area contributed by atoms with Crippen molar-refractivity contribution in [3.8, 4) is 5.75 Å². The molecule has 1 fully saturated rings. The van der Waals surface area contributed by atoms with E-state index < -0.39 is 0 Å². The quantitative estimate of drug-likeness (QED) is 0.663. The summed E-state index contributed by atoms with van der Waals surface area (Å²) in [6.07, 6.45) is 7.55. The Morgan fingerprint density at radius 3 is 2.96 bits per heavy atom. The number of aromatic nitrogens is 2. The fourth-order valence-electron chi connectivity index (χ4n) is 2.85. The fraction of sp³-hybridized carbons (Fsp3) is 0.316. The SMILES string of the molecule is c1ccc(NCCCOc2ccc3c(ccn3C3CC3)c2)nc1. The molecule has 0 bridgehead atoms. The Bertz CT molecular complexity index is 778. The van der Waals surface area contributed by atoms with E-state index >= 15 is 0 Å². The Morgan fingerprint density at radius 2 is 2.13 bits per heavy atom. The lowest BCUT2D eigenvalue weighted by Gasteiger charge is -2.08. The van der Waals surface area contributed by atoms with Gasteiger partial charge in [0, 0.05) is 35.9 Å². The molecule has 0 aliphatic heterocycles. The Morgan fingerprint density at radius 1 is 1.17 bits per heavy atom. The van der Waals surface area contributed by atoms with Crippen molar-refractivity contribution in [3.05, 3.63) is 54.9 Å². The number of pyridine rings is 1. The highest BCUT2D eigenvalue weighted by molar-refractivity contribution is 5.82. The topological polar surface area (TPSA) is 39.1 Å². The van der Waals surface area contributed by atoms with E-state index in [1.807, 2.05) is 18.2 Å². The van der Waals surface area contributed by atoms with Crippen LogP contribution < -0.4 is 10.1 Å². The van der Waals surface area contributed by atoms with Gasteiger partial charge in [0.05, 0.1) is 6.61 Å². The molecule has 0 saturated heterocycles. The van der Waals surface area contributed by atoms with Crippen LogP contribution in [0.25, 0.3) is 10.9 Å². The number of nitrogens with zero attached hydrogens (tertiary/aromatic N) is 2. The van der Waals surface area contributed by atoms with Crippen LogP contribution >= 0.6 is 0 Å². The van der Waals surface area contributed by atoms with Crippen LogP contribution in [0.4, 0.5) is 5.82 Å². The van der Waals surface area contributed by atoms with E-state index in [1.165, 1.54) is 23.7 Å². The molecule has 0 amide bonds. The predicted octanol–water partition coefficient (Wildman–Crippen LogP) is 4.25. The van der Waals surface area contributed by atoms with Crippen LogP contribution in [0.3, 0.4) is 0 Å². The van der Waals surface area contributed by atoms with Gasteiger partial charge in [0.2, 0.25) is 0 Å². The monoisotopic (exact) mass is 307 g/mol. The van der Waals surface area contributed by atoms with Gasteiger partial charge >= 0.3 is 0 Å². The van der Waals surface area contributed by atoms with Crippen molar-refractivity contribution in [2.45, 2.75) is 25.3 Å². The van der Waals surface area contributed by atoms with Gasteiger partial charge in [-0.15, -0.1) is 0 Å². The smallest absolute Gasteiger partial charge is 0.125 e. The fourth-order valence-corrected chi connectivity index (χ4v) is 2.85. The van der Waals surface area contributed by atoms with Gasteiger partial charge in [0.15, 0.2) is 0 Å². The van der Waals surface area contributed by atoms with Gasteiger partial charge in [0.1, 0.15) is 11.6 Å². The van der Waals surface area contributed by atoms with E-state index in [4.69, 9.17) is 4.74 Å². The second-order valence-electron chi connectivity index (χ2n) is 6.02. The largest absolute Gasteiger partial charge is 0.494 e. The zero-order valence-corrected chi connectivity index (χ0v) is 13.1. The summed E-state index contributed by atoms with van der Waals surface area (Å²) in [5.74, 6) is 1.86. The molecule has 1 N–H and O–H groups in total. The third-order valence-corrected chi connectivity index (χ3v) is 4.19. The molecular formula is C19H21N3O. The van der Waals surface area contributed by atoms with Crippen molar-refractivity contribution >= 4 is 16.7 Å². The first kappa shape index (κ1) is 14.1. The summed E-state index contributed by atoms with van der Waals surface area (Å²) in [5, 5.41) is 4.55. The van der Waals surface area contributed by atoms with Gasteiger partial charge < -0.3 is 14.6 Å². The molecule has 0 spiro atoms. The molecule has 2 aromatic heterocycles. The van der Waals surface area contributed by atoms with Gasteiger partial charge in [-0.2, -0.15) is 0 Å². The highest BCUT2D eigenvalue weighted by Gasteiger charge is 2.24. The Hall–Kier alpha value is -2.49. The number of ether oxygens (including phenoxy) is 1. The number of hydrogen-bond acceptors (Lipinski definition) is 3. The first-order chi connectivity index (χ1) is 11.4. The van der Waals surface area contributed by atoms with Crippen LogP contribution in [0.2, 0.25) is 0 Å². The van der Waals surface area contributed by atoms with E-state index in [1.54, 1.807) is 6.20 Å². The van der Waals surface area contributed by atoms with Crippen LogP contribution in [-0.2, 0) is 0 Å². The van der Waals surface area contributed by atoms with E-state index in [2.05, 4.69) is 45.3 Å². The summed E-state index contributed by atoms with van der Waals surface area (Å²) < 4.78 is 8.25. The summed E-state index contributed by atoms with van der Waals surface area (Å²) >= 11 is 0. The Labute approximate surface area is 136 Å². The molecule has 0 radical (unpaired) electrons. The second kappa shape index (κ2) is 6.32. The third kappa shape index (κ3) is 3.31. The van der Waals surface area contributed by atoms with Crippen LogP contribution in [-0.4, -0.2) is 22.7 Å². The number of fused-ring (bicyclic) bond motifs is 1. The molecular weight excluding hydrogens is 286 g/mol. The van der Waals surface area contributed by atoms with E-state index in [0.29, 0.717) is 6.61 Å². The van der Waals surface area contributed by atoms with E-state index in [0.717, 1.165) is 30.6 Å². The molecule has 0 unspecified atom stereocenters. The van der Waals surface area contributed by atoms with Gasteiger partial charge in [-0.05, 0) is 55.7 Å². The summed E-state index contributed by atoms with van der Waals surface area (Å²) in [7, 11) is 0. The molecule has 4 heteroatoms. The molecule has 4 nitrogen and oxygen atoms in total. The minimum atomic E-state index is 0.703. The standard InChI is InChI=1S/C19H21N3O/c1-2-10-20-19(4-1)21-11-3-13-23-17-7-8-18-15(14-17)9-12-22(18)16-5-6-16/h1-2,4,7-10,12,14,16H,3,5-6,11,13H2,(H,20,21). The minimum absolute atomic E-state index is 0.703. The normalized spacial score (nSPS) is 14.1. The molecule has 3 aromatic rings. The molecule has 1 aromatic carbocycles. The van der Waals surface area contributed by atoms with E-state index in [9.17, 15) is 0 Å². The molecule has 118 valence electrons. The van der Waals surface area contributed by atoms with Crippen LogP contribution in [0.5, 0.6) is 5.75 Å². The Kier molecular flexibility index (Phi) is 3.88. The maximum Gasteiger partial charge on any atom is 0.125 e.